The molecule has 2 fully saturated rings. The summed E-state index contributed by atoms with van der Waals surface area (Å²) in [5.41, 5.74) is 0. The molecule has 2 aliphatic rings. The second-order valence-electron chi connectivity index (χ2n) is 4.40. The van der Waals surface area contributed by atoms with E-state index in [0.717, 1.165) is 19.3 Å². The first-order valence-corrected chi connectivity index (χ1v) is 5.94. The number of piperazine rings is 1. The molecular formula is C11H22N2O. The fraction of sp³-hybridized carbons (Fsp3) is 1.00. The Kier molecular flexibility index (Phi) is 3.79. The molecule has 0 aromatic rings. The Labute approximate surface area is 87.0 Å². The van der Waals surface area contributed by atoms with Crippen LogP contribution in [0.25, 0.3) is 0 Å². The summed E-state index contributed by atoms with van der Waals surface area (Å²) in [4.78, 5) is 5.19. The van der Waals surface area contributed by atoms with E-state index in [0.29, 0.717) is 0 Å². The summed E-state index contributed by atoms with van der Waals surface area (Å²) in [6, 6.07) is 0.721. The fourth-order valence-corrected chi connectivity index (χ4v) is 2.48. The van der Waals surface area contributed by atoms with Gasteiger partial charge in [-0.05, 0) is 19.4 Å². The molecule has 0 radical (unpaired) electrons. The third kappa shape index (κ3) is 2.47. The van der Waals surface area contributed by atoms with Crippen LogP contribution in [0.1, 0.15) is 19.8 Å². The third-order valence-corrected chi connectivity index (χ3v) is 3.37. The van der Waals surface area contributed by atoms with E-state index in [2.05, 4.69) is 16.7 Å². The van der Waals surface area contributed by atoms with Crippen LogP contribution in [0.15, 0.2) is 0 Å². The quantitative estimate of drug-likeness (QED) is 0.667. The van der Waals surface area contributed by atoms with Crippen molar-refractivity contribution in [2.75, 3.05) is 45.9 Å². The molecule has 0 saturated carbocycles. The number of ether oxygens (including phenoxy) is 1. The van der Waals surface area contributed by atoms with Crippen molar-refractivity contribution in [2.24, 2.45) is 0 Å². The second kappa shape index (κ2) is 5.10. The molecule has 0 bridgehead atoms. The minimum atomic E-state index is 0.721. The first-order valence-electron chi connectivity index (χ1n) is 5.94. The van der Waals surface area contributed by atoms with Crippen LogP contribution in [-0.4, -0.2) is 61.8 Å². The van der Waals surface area contributed by atoms with E-state index < -0.39 is 0 Å². The largest absolute Gasteiger partial charge is 0.380 e. The van der Waals surface area contributed by atoms with Crippen molar-refractivity contribution in [2.45, 2.75) is 25.8 Å². The molecule has 2 saturated heterocycles. The van der Waals surface area contributed by atoms with E-state index in [4.69, 9.17) is 4.74 Å². The van der Waals surface area contributed by atoms with Gasteiger partial charge >= 0.3 is 0 Å². The highest BCUT2D eigenvalue weighted by molar-refractivity contribution is 4.80. The van der Waals surface area contributed by atoms with Crippen molar-refractivity contribution >= 4 is 0 Å². The van der Waals surface area contributed by atoms with Crippen LogP contribution < -0.4 is 0 Å². The molecule has 82 valence electrons. The van der Waals surface area contributed by atoms with Crippen molar-refractivity contribution in [3.05, 3.63) is 0 Å². The Morgan fingerprint density at radius 1 is 1.21 bits per heavy atom. The molecule has 3 heteroatoms. The maximum Gasteiger partial charge on any atom is 0.0622 e. The van der Waals surface area contributed by atoms with Gasteiger partial charge in [0.2, 0.25) is 0 Å². The maximum absolute atomic E-state index is 5.43. The fourth-order valence-electron chi connectivity index (χ4n) is 2.48. The average molecular weight is 198 g/mol. The molecule has 0 spiro atoms. The van der Waals surface area contributed by atoms with Crippen LogP contribution in [0, 0.1) is 0 Å². The van der Waals surface area contributed by atoms with Gasteiger partial charge in [0.05, 0.1) is 6.61 Å². The van der Waals surface area contributed by atoms with E-state index in [9.17, 15) is 0 Å². The molecule has 0 aromatic heterocycles. The molecule has 0 aromatic carbocycles. The average Bonchev–Trinajstić information content (AvgIpc) is 2.72. The van der Waals surface area contributed by atoms with Gasteiger partial charge in [0, 0.05) is 38.8 Å². The molecular weight excluding hydrogens is 176 g/mol. The Balaban J connectivity index is 1.72. The lowest BCUT2D eigenvalue weighted by atomic mass is 10.2. The molecule has 0 aliphatic carbocycles. The van der Waals surface area contributed by atoms with Gasteiger partial charge in [-0.15, -0.1) is 0 Å². The van der Waals surface area contributed by atoms with Crippen molar-refractivity contribution in [3.8, 4) is 0 Å². The first kappa shape index (κ1) is 10.4. The summed E-state index contributed by atoms with van der Waals surface area (Å²) in [7, 11) is 0. The first-order chi connectivity index (χ1) is 6.90. The molecule has 1 atom stereocenters. The zero-order chi connectivity index (χ0) is 9.80. The van der Waals surface area contributed by atoms with Crippen LogP contribution in [0.4, 0.5) is 0 Å². The molecule has 0 amide bonds. The van der Waals surface area contributed by atoms with E-state index >= 15 is 0 Å². The van der Waals surface area contributed by atoms with Crippen molar-refractivity contribution in [1.29, 1.82) is 0 Å². The van der Waals surface area contributed by atoms with Gasteiger partial charge in [0.15, 0.2) is 0 Å². The van der Waals surface area contributed by atoms with Gasteiger partial charge in [-0.1, -0.05) is 6.92 Å². The van der Waals surface area contributed by atoms with Gasteiger partial charge in [0.1, 0.15) is 0 Å². The summed E-state index contributed by atoms with van der Waals surface area (Å²) in [5, 5.41) is 0. The van der Waals surface area contributed by atoms with Gasteiger partial charge in [0.25, 0.3) is 0 Å². The van der Waals surface area contributed by atoms with Crippen LogP contribution in [-0.2, 0) is 4.74 Å². The molecule has 0 N–H and O–H groups in total. The van der Waals surface area contributed by atoms with Crippen molar-refractivity contribution in [1.82, 2.24) is 9.80 Å². The number of hydrogen-bond donors (Lipinski definition) is 0. The Hall–Kier alpha value is -0.120. The third-order valence-electron chi connectivity index (χ3n) is 3.37. The SMILES string of the molecule is CCCN1CCN(C2CCOC2)CC1. The van der Waals surface area contributed by atoms with Gasteiger partial charge < -0.3 is 9.64 Å². The van der Waals surface area contributed by atoms with Crippen molar-refractivity contribution < 1.29 is 4.74 Å². The number of rotatable bonds is 3. The maximum atomic E-state index is 5.43. The number of nitrogens with zero attached hydrogens (tertiary/aromatic N) is 2. The van der Waals surface area contributed by atoms with Crippen LogP contribution in [0.2, 0.25) is 0 Å². The van der Waals surface area contributed by atoms with Crippen LogP contribution in [0.5, 0.6) is 0 Å². The summed E-state index contributed by atoms with van der Waals surface area (Å²) >= 11 is 0. The topological polar surface area (TPSA) is 15.7 Å². The Morgan fingerprint density at radius 3 is 2.57 bits per heavy atom. The lowest BCUT2D eigenvalue weighted by Crippen LogP contribution is -2.50. The molecule has 2 heterocycles. The molecule has 14 heavy (non-hydrogen) atoms. The molecule has 3 nitrogen and oxygen atoms in total. The lowest BCUT2D eigenvalue weighted by molar-refractivity contribution is 0.0849. The zero-order valence-electron chi connectivity index (χ0n) is 9.24. The summed E-state index contributed by atoms with van der Waals surface area (Å²) < 4.78 is 5.43. The highest BCUT2D eigenvalue weighted by Gasteiger charge is 2.26. The van der Waals surface area contributed by atoms with Gasteiger partial charge in [-0.3, -0.25) is 4.90 Å². The summed E-state index contributed by atoms with van der Waals surface area (Å²) in [6.45, 7) is 10.5. The predicted molar refractivity (Wildman–Crippen MR) is 57.5 cm³/mol. The van der Waals surface area contributed by atoms with E-state index in [1.807, 2.05) is 0 Å². The van der Waals surface area contributed by atoms with Crippen molar-refractivity contribution in [3.63, 3.8) is 0 Å². The zero-order valence-corrected chi connectivity index (χ0v) is 9.24. The van der Waals surface area contributed by atoms with Gasteiger partial charge in [-0.2, -0.15) is 0 Å². The molecule has 2 rings (SSSR count). The molecule has 1 unspecified atom stereocenters. The van der Waals surface area contributed by atoms with Gasteiger partial charge in [-0.25, -0.2) is 0 Å². The predicted octanol–water partition coefficient (Wildman–Crippen LogP) is 0.803. The summed E-state index contributed by atoms with van der Waals surface area (Å²) in [5.74, 6) is 0. The van der Waals surface area contributed by atoms with E-state index in [-0.39, 0.29) is 0 Å². The highest BCUT2D eigenvalue weighted by atomic mass is 16.5. The van der Waals surface area contributed by atoms with E-state index in [1.54, 1.807) is 0 Å². The normalized spacial score (nSPS) is 31.1. The minimum Gasteiger partial charge on any atom is -0.380 e. The van der Waals surface area contributed by atoms with E-state index in [1.165, 1.54) is 45.6 Å². The highest BCUT2D eigenvalue weighted by Crippen LogP contribution is 2.14. The lowest BCUT2D eigenvalue weighted by Gasteiger charge is -2.37. The minimum absolute atomic E-state index is 0.721. The van der Waals surface area contributed by atoms with Crippen LogP contribution in [0.3, 0.4) is 0 Å². The Morgan fingerprint density at radius 2 is 2.00 bits per heavy atom. The summed E-state index contributed by atoms with van der Waals surface area (Å²) in [6.07, 6.45) is 2.53. The second-order valence-corrected chi connectivity index (χ2v) is 4.40. The monoisotopic (exact) mass is 198 g/mol. The standard InChI is InChI=1S/C11H22N2O/c1-2-4-12-5-7-13(8-6-12)11-3-9-14-10-11/h11H,2-10H2,1H3. The van der Waals surface area contributed by atoms with Crippen LogP contribution >= 0.6 is 0 Å². The Bertz CT molecular complexity index is 161. The smallest absolute Gasteiger partial charge is 0.0622 e. The molecule has 2 aliphatic heterocycles. The number of hydrogen-bond acceptors (Lipinski definition) is 3.